The number of piperidine rings is 2. The van der Waals surface area contributed by atoms with E-state index in [0.29, 0.717) is 12.3 Å². The van der Waals surface area contributed by atoms with Gasteiger partial charge in [0.2, 0.25) is 5.91 Å². The fourth-order valence-corrected chi connectivity index (χ4v) is 4.12. The highest BCUT2D eigenvalue weighted by atomic mass is 16.2. The summed E-state index contributed by atoms with van der Waals surface area (Å²) in [4.78, 5) is 23.4. The first-order valence-electron chi connectivity index (χ1n) is 9.08. The van der Waals surface area contributed by atoms with Gasteiger partial charge in [0, 0.05) is 62.1 Å². The molecule has 3 rings (SSSR count). The van der Waals surface area contributed by atoms with Crippen LogP contribution in [0.4, 0.5) is 5.69 Å². The number of amides is 1. The number of pyridine rings is 1. The number of likely N-dealkylation sites (N-methyl/N-ethyl adjacent to an activating group) is 1. The minimum Gasteiger partial charge on any atom is -0.371 e. The fraction of sp³-hybridized carbons (Fsp3) is 0.684. The van der Waals surface area contributed by atoms with Gasteiger partial charge in [-0.1, -0.05) is 0 Å². The maximum atomic E-state index is 12.3. The van der Waals surface area contributed by atoms with E-state index in [1.165, 1.54) is 18.5 Å². The molecule has 0 aliphatic carbocycles. The predicted molar refractivity (Wildman–Crippen MR) is 97.2 cm³/mol. The summed E-state index contributed by atoms with van der Waals surface area (Å²) in [5.41, 5.74) is 2.60. The van der Waals surface area contributed by atoms with Crippen LogP contribution >= 0.6 is 0 Å². The Morgan fingerprint density at radius 1 is 1.29 bits per heavy atom. The second-order valence-electron chi connectivity index (χ2n) is 7.80. The summed E-state index contributed by atoms with van der Waals surface area (Å²) in [7, 11) is 4.14. The third kappa shape index (κ3) is 3.89. The van der Waals surface area contributed by atoms with Crippen molar-refractivity contribution in [1.29, 1.82) is 0 Å². The highest BCUT2D eigenvalue weighted by molar-refractivity contribution is 5.77. The van der Waals surface area contributed by atoms with Gasteiger partial charge in [-0.3, -0.25) is 9.78 Å². The molecule has 1 aromatic heterocycles. The van der Waals surface area contributed by atoms with Crippen LogP contribution in [0.15, 0.2) is 18.3 Å². The summed E-state index contributed by atoms with van der Waals surface area (Å²) in [6, 6.07) is 4.29. The largest absolute Gasteiger partial charge is 0.371 e. The van der Waals surface area contributed by atoms with Gasteiger partial charge in [0.25, 0.3) is 0 Å². The van der Waals surface area contributed by atoms with E-state index in [-0.39, 0.29) is 5.41 Å². The molecule has 1 unspecified atom stereocenters. The van der Waals surface area contributed by atoms with E-state index < -0.39 is 0 Å². The molecule has 2 fully saturated rings. The van der Waals surface area contributed by atoms with Gasteiger partial charge < -0.3 is 14.7 Å². The molecule has 1 spiro atoms. The number of carbonyl (C=O) groups excluding carboxylic acids is 1. The Morgan fingerprint density at radius 2 is 2.12 bits per heavy atom. The minimum absolute atomic E-state index is 0.260. The van der Waals surface area contributed by atoms with Crippen LogP contribution in [0.2, 0.25) is 0 Å². The molecule has 2 aliphatic rings. The molecule has 3 heterocycles. The number of hydrogen-bond acceptors (Lipinski definition) is 4. The van der Waals surface area contributed by atoms with Crippen LogP contribution in [0.5, 0.6) is 0 Å². The lowest BCUT2D eigenvalue weighted by Gasteiger charge is -2.49. The zero-order valence-electron chi connectivity index (χ0n) is 15.3. The molecule has 24 heavy (non-hydrogen) atoms. The third-order valence-electron chi connectivity index (χ3n) is 5.47. The second kappa shape index (κ2) is 7.09. The smallest absolute Gasteiger partial charge is 0.222 e. The van der Waals surface area contributed by atoms with Crippen molar-refractivity contribution in [3.8, 4) is 0 Å². The molecule has 0 N–H and O–H groups in total. The molecule has 0 bridgehead atoms. The average Bonchev–Trinajstić information content (AvgIpc) is 2.56. The summed E-state index contributed by atoms with van der Waals surface area (Å²) in [5, 5.41) is 0. The minimum atomic E-state index is 0.260. The monoisotopic (exact) mass is 330 g/mol. The van der Waals surface area contributed by atoms with Crippen molar-refractivity contribution in [3.63, 3.8) is 0 Å². The Hall–Kier alpha value is -1.62. The second-order valence-corrected chi connectivity index (χ2v) is 7.80. The van der Waals surface area contributed by atoms with Gasteiger partial charge in [-0.25, -0.2) is 0 Å². The van der Waals surface area contributed by atoms with Crippen LogP contribution in [0.3, 0.4) is 0 Å². The topological polar surface area (TPSA) is 39.7 Å². The van der Waals surface area contributed by atoms with E-state index in [9.17, 15) is 4.79 Å². The van der Waals surface area contributed by atoms with Crippen molar-refractivity contribution in [1.82, 2.24) is 14.8 Å². The SMILES string of the molecule is Cc1cc(N2CCCC3(CCC(=O)N(CCN(C)C)C3)C2)ccn1. The molecule has 5 nitrogen and oxygen atoms in total. The number of aryl methyl sites for hydroxylation is 1. The Balaban J connectivity index is 1.71. The molecule has 0 radical (unpaired) electrons. The van der Waals surface area contributed by atoms with Crippen molar-refractivity contribution in [3.05, 3.63) is 24.0 Å². The highest BCUT2D eigenvalue weighted by Gasteiger charge is 2.41. The molecule has 5 heteroatoms. The molecule has 1 atom stereocenters. The number of hydrogen-bond donors (Lipinski definition) is 0. The van der Waals surface area contributed by atoms with Gasteiger partial charge in [0.05, 0.1) is 0 Å². The molecule has 1 aromatic rings. The first-order chi connectivity index (χ1) is 11.5. The first kappa shape index (κ1) is 17.2. The van der Waals surface area contributed by atoms with Gasteiger partial charge in [-0.2, -0.15) is 0 Å². The Kier molecular flexibility index (Phi) is 5.09. The van der Waals surface area contributed by atoms with Crippen LogP contribution in [-0.2, 0) is 4.79 Å². The lowest BCUT2D eigenvalue weighted by molar-refractivity contribution is -0.138. The predicted octanol–water partition coefficient (Wildman–Crippen LogP) is 2.16. The zero-order chi connectivity index (χ0) is 17.2. The van der Waals surface area contributed by atoms with Gasteiger partial charge in [-0.05, 0) is 52.4 Å². The average molecular weight is 330 g/mol. The van der Waals surface area contributed by atoms with Crippen LogP contribution < -0.4 is 4.90 Å². The van der Waals surface area contributed by atoms with Crippen LogP contribution in [0.1, 0.15) is 31.4 Å². The lowest BCUT2D eigenvalue weighted by atomic mass is 9.73. The van der Waals surface area contributed by atoms with Crippen molar-refractivity contribution in [2.75, 3.05) is 51.7 Å². The number of carbonyl (C=O) groups is 1. The van der Waals surface area contributed by atoms with E-state index in [0.717, 1.165) is 44.8 Å². The highest BCUT2D eigenvalue weighted by Crippen LogP contribution is 2.40. The number of aromatic nitrogens is 1. The third-order valence-corrected chi connectivity index (χ3v) is 5.47. The summed E-state index contributed by atoms with van der Waals surface area (Å²) in [6.07, 6.45) is 6.08. The molecule has 132 valence electrons. The summed E-state index contributed by atoms with van der Waals surface area (Å²) >= 11 is 0. The van der Waals surface area contributed by atoms with Gasteiger partial charge in [-0.15, -0.1) is 0 Å². The molecular formula is C19H30N4O. The number of nitrogens with zero attached hydrogens (tertiary/aromatic N) is 4. The lowest BCUT2D eigenvalue weighted by Crippen LogP contribution is -2.55. The van der Waals surface area contributed by atoms with E-state index >= 15 is 0 Å². The maximum Gasteiger partial charge on any atom is 0.222 e. The van der Waals surface area contributed by atoms with Crippen molar-refractivity contribution < 1.29 is 4.79 Å². The molecule has 0 saturated carbocycles. The Labute approximate surface area is 145 Å². The standard InChI is InChI=1S/C19H30N4O/c1-16-13-17(6-9-20-16)22-10-4-7-19(14-22)8-5-18(24)23(15-19)12-11-21(2)3/h6,9,13H,4-5,7-8,10-12,14-15H2,1-3H3. The number of likely N-dealkylation sites (tertiary alicyclic amines) is 1. The Morgan fingerprint density at radius 3 is 2.88 bits per heavy atom. The van der Waals surface area contributed by atoms with Crippen molar-refractivity contribution in [2.24, 2.45) is 5.41 Å². The molecule has 1 amide bonds. The normalized spacial score (nSPS) is 24.9. The van der Waals surface area contributed by atoms with Gasteiger partial charge >= 0.3 is 0 Å². The van der Waals surface area contributed by atoms with E-state index in [1.54, 1.807) is 0 Å². The van der Waals surface area contributed by atoms with E-state index in [1.807, 2.05) is 13.1 Å². The summed E-state index contributed by atoms with van der Waals surface area (Å²) < 4.78 is 0. The van der Waals surface area contributed by atoms with Crippen LogP contribution in [-0.4, -0.2) is 67.5 Å². The van der Waals surface area contributed by atoms with Crippen molar-refractivity contribution in [2.45, 2.75) is 32.6 Å². The molecular weight excluding hydrogens is 300 g/mol. The Bertz CT molecular complexity index is 588. The van der Waals surface area contributed by atoms with Crippen LogP contribution in [0, 0.1) is 12.3 Å². The number of rotatable bonds is 4. The molecule has 0 aromatic carbocycles. The van der Waals surface area contributed by atoms with E-state index in [2.05, 4.69) is 45.9 Å². The first-order valence-corrected chi connectivity index (χ1v) is 9.08. The van der Waals surface area contributed by atoms with Gasteiger partial charge in [0.15, 0.2) is 0 Å². The molecule has 2 aliphatic heterocycles. The van der Waals surface area contributed by atoms with Crippen molar-refractivity contribution >= 4 is 11.6 Å². The maximum absolute atomic E-state index is 12.3. The van der Waals surface area contributed by atoms with Crippen LogP contribution in [0.25, 0.3) is 0 Å². The molecule has 2 saturated heterocycles. The fourth-order valence-electron chi connectivity index (χ4n) is 4.12. The summed E-state index contributed by atoms with van der Waals surface area (Å²) in [5.74, 6) is 0.333. The van der Waals surface area contributed by atoms with Gasteiger partial charge in [0.1, 0.15) is 0 Å². The zero-order valence-corrected chi connectivity index (χ0v) is 15.3. The number of anilines is 1. The van der Waals surface area contributed by atoms with E-state index in [4.69, 9.17) is 0 Å². The quantitative estimate of drug-likeness (QED) is 0.848. The summed E-state index contributed by atoms with van der Waals surface area (Å²) in [6.45, 7) is 6.92.